The second kappa shape index (κ2) is 11.3. The number of hydrogen-bond acceptors (Lipinski definition) is 7. The Morgan fingerprint density at radius 1 is 0.943 bits per heavy atom. The highest BCUT2D eigenvalue weighted by atomic mass is 32.1. The van der Waals surface area contributed by atoms with Crippen LogP contribution in [-0.4, -0.2) is 54.0 Å². The van der Waals surface area contributed by atoms with Gasteiger partial charge in [0.15, 0.2) is 16.6 Å². The highest BCUT2D eigenvalue weighted by Crippen LogP contribution is 2.31. The summed E-state index contributed by atoms with van der Waals surface area (Å²) in [5.74, 6) is 4.11. The zero-order valence-electron chi connectivity index (χ0n) is 20.6. The highest BCUT2D eigenvalue weighted by Gasteiger charge is 2.23. The Balaban J connectivity index is 1.30. The molecule has 0 spiro atoms. The van der Waals surface area contributed by atoms with E-state index < -0.39 is 0 Å². The molecule has 1 atom stereocenters. The Kier molecular flexibility index (Phi) is 7.71. The molecular weight excluding hydrogens is 460 g/mol. The Labute approximate surface area is 213 Å². The predicted octanol–water partition coefficient (Wildman–Crippen LogP) is 4.49. The van der Waals surface area contributed by atoms with Crippen molar-refractivity contribution < 1.29 is 9.47 Å². The summed E-state index contributed by atoms with van der Waals surface area (Å²) >= 11 is 5.62. The topological polar surface area (TPSA) is 74.8 Å². The number of anilines is 3. The molecule has 0 bridgehead atoms. The molecule has 4 heterocycles. The molecule has 3 aliphatic heterocycles. The minimum atomic E-state index is 0.476. The second-order valence-electron chi connectivity index (χ2n) is 9.63. The van der Waals surface area contributed by atoms with E-state index in [0.717, 1.165) is 48.3 Å². The Morgan fingerprint density at radius 3 is 2.49 bits per heavy atom. The number of ether oxygens (including phenoxy) is 2. The van der Waals surface area contributed by atoms with Crippen LogP contribution < -0.4 is 29.9 Å². The fourth-order valence-electron chi connectivity index (χ4n) is 5.05. The van der Waals surface area contributed by atoms with Crippen LogP contribution >= 0.6 is 12.2 Å². The molecule has 188 valence electrons. The lowest BCUT2D eigenvalue weighted by Gasteiger charge is -2.35. The van der Waals surface area contributed by atoms with E-state index in [1.807, 2.05) is 18.2 Å². The molecule has 0 saturated carbocycles. The molecule has 0 radical (unpaired) electrons. The summed E-state index contributed by atoms with van der Waals surface area (Å²) in [5.41, 5.74) is 1.07. The molecule has 1 unspecified atom stereocenters. The number of thiocarbonyl (C=S) groups is 1. The summed E-state index contributed by atoms with van der Waals surface area (Å²) in [5, 5.41) is 7.05. The van der Waals surface area contributed by atoms with E-state index >= 15 is 0 Å². The fourth-order valence-corrected chi connectivity index (χ4v) is 5.21. The van der Waals surface area contributed by atoms with Gasteiger partial charge in [0, 0.05) is 38.3 Å². The van der Waals surface area contributed by atoms with Gasteiger partial charge in [0.2, 0.25) is 5.95 Å². The van der Waals surface area contributed by atoms with Crippen molar-refractivity contribution in [3.8, 4) is 11.5 Å². The third-order valence-corrected chi connectivity index (χ3v) is 7.26. The molecule has 2 aromatic rings. The first kappa shape index (κ1) is 23.9. The van der Waals surface area contributed by atoms with Gasteiger partial charge in [-0.05, 0) is 68.9 Å². The van der Waals surface area contributed by atoms with Crippen LogP contribution in [0.5, 0.6) is 11.5 Å². The maximum atomic E-state index is 5.70. The molecule has 0 amide bonds. The third kappa shape index (κ3) is 6.07. The molecular formula is C26H36N6O2S. The van der Waals surface area contributed by atoms with Crippen LogP contribution in [0, 0.1) is 0 Å². The van der Waals surface area contributed by atoms with E-state index in [4.69, 9.17) is 31.7 Å². The standard InChI is InChI=1S/C26H36N6O2S/c1-19-8-4-7-13-32(19)24-17-23(31-11-5-2-3-6-12-31)28-25(29-24)30-26(35)27-18-20-9-10-21-22(16-20)34-15-14-33-21/h9-10,16-17,19H,2-8,11-15,18H2,1H3,(H2,27,28,29,30,35). The van der Waals surface area contributed by atoms with Crippen LogP contribution in [0.4, 0.5) is 17.6 Å². The molecule has 0 aliphatic carbocycles. The number of nitrogens with zero attached hydrogens (tertiary/aromatic N) is 4. The number of rotatable bonds is 5. The Morgan fingerprint density at radius 2 is 1.69 bits per heavy atom. The van der Waals surface area contributed by atoms with Crippen LogP contribution in [-0.2, 0) is 6.54 Å². The van der Waals surface area contributed by atoms with Crippen molar-refractivity contribution in [3.63, 3.8) is 0 Å². The molecule has 2 N–H and O–H groups in total. The van der Waals surface area contributed by atoms with Gasteiger partial charge in [0.1, 0.15) is 24.8 Å². The predicted molar refractivity (Wildman–Crippen MR) is 144 cm³/mol. The van der Waals surface area contributed by atoms with Gasteiger partial charge in [-0.15, -0.1) is 0 Å². The summed E-state index contributed by atoms with van der Waals surface area (Å²) < 4.78 is 11.3. The first-order valence-electron chi connectivity index (χ1n) is 13.0. The monoisotopic (exact) mass is 496 g/mol. The average molecular weight is 497 g/mol. The lowest BCUT2D eigenvalue weighted by atomic mass is 10.0. The number of fused-ring (bicyclic) bond motifs is 1. The molecule has 5 rings (SSSR count). The summed E-state index contributed by atoms with van der Waals surface area (Å²) in [7, 11) is 0. The normalized spacial score (nSPS) is 20.2. The number of hydrogen-bond donors (Lipinski definition) is 2. The lowest BCUT2D eigenvalue weighted by Crippen LogP contribution is -2.38. The molecule has 1 aromatic carbocycles. The fraction of sp³-hybridized carbons (Fsp3) is 0.577. The molecule has 2 fully saturated rings. The van der Waals surface area contributed by atoms with Gasteiger partial charge in [-0.1, -0.05) is 18.9 Å². The van der Waals surface area contributed by atoms with Crippen molar-refractivity contribution in [1.29, 1.82) is 0 Å². The SMILES string of the molecule is CC1CCCCN1c1cc(N2CCCCCC2)nc(NC(=S)NCc2ccc3c(c2)OCCO3)n1. The minimum Gasteiger partial charge on any atom is -0.486 e. The summed E-state index contributed by atoms with van der Waals surface area (Å²) in [6.07, 6.45) is 8.66. The maximum absolute atomic E-state index is 5.70. The van der Waals surface area contributed by atoms with E-state index in [0.29, 0.717) is 36.9 Å². The van der Waals surface area contributed by atoms with Crippen LogP contribution in [0.15, 0.2) is 24.3 Å². The lowest BCUT2D eigenvalue weighted by molar-refractivity contribution is 0.171. The zero-order valence-corrected chi connectivity index (χ0v) is 21.4. The quantitative estimate of drug-likeness (QED) is 0.582. The van der Waals surface area contributed by atoms with Gasteiger partial charge in [-0.3, -0.25) is 0 Å². The number of piperidine rings is 1. The van der Waals surface area contributed by atoms with Crippen molar-refractivity contribution >= 4 is 34.9 Å². The van der Waals surface area contributed by atoms with E-state index in [-0.39, 0.29) is 0 Å². The van der Waals surface area contributed by atoms with Gasteiger partial charge in [-0.25, -0.2) is 0 Å². The first-order chi connectivity index (χ1) is 17.2. The Hall–Kier alpha value is -2.81. The zero-order chi connectivity index (χ0) is 24.0. The number of nitrogens with one attached hydrogen (secondary N) is 2. The summed E-state index contributed by atoms with van der Waals surface area (Å²) in [6, 6.07) is 8.61. The van der Waals surface area contributed by atoms with Crippen LogP contribution in [0.25, 0.3) is 0 Å². The van der Waals surface area contributed by atoms with E-state index in [1.54, 1.807) is 0 Å². The van der Waals surface area contributed by atoms with E-state index in [2.05, 4.69) is 33.4 Å². The smallest absolute Gasteiger partial charge is 0.232 e. The largest absolute Gasteiger partial charge is 0.486 e. The van der Waals surface area contributed by atoms with E-state index in [9.17, 15) is 0 Å². The maximum Gasteiger partial charge on any atom is 0.232 e. The molecule has 35 heavy (non-hydrogen) atoms. The van der Waals surface area contributed by atoms with Crippen molar-refractivity contribution in [3.05, 3.63) is 29.8 Å². The summed E-state index contributed by atoms with van der Waals surface area (Å²) in [4.78, 5) is 14.6. The highest BCUT2D eigenvalue weighted by molar-refractivity contribution is 7.80. The third-order valence-electron chi connectivity index (χ3n) is 7.01. The van der Waals surface area contributed by atoms with Crippen LogP contribution in [0.3, 0.4) is 0 Å². The second-order valence-corrected chi connectivity index (χ2v) is 10.0. The van der Waals surface area contributed by atoms with Crippen LogP contribution in [0.2, 0.25) is 0 Å². The van der Waals surface area contributed by atoms with Crippen molar-refractivity contribution in [2.24, 2.45) is 0 Å². The minimum absolute atomic E-state index is 0.476. The molecule has 9 heteroatoms. The van der Waals surface area contributed by atoms with Gasteiger partial charge >= 0.3 is 0 Å². The Bertz CT molecular complexity index is 1030. The van der Waals surface area contributed by atoms with Gasteiger partial charge in [0.25, 0.3) is 0 Å². The van der Waals surface area contributed by atoms with Crippen molar-refractivity contribution in [2.75, 3.05) is 48.0 Å². The van der Waals surface area contributed by atoms with E-state index in [1.165, 1.54) is 44.9 Å². The van der Waals surface area contributed by atoms with Crippen LogP contribution in [0.1, 0.15) is 57.4 Å². The summed E-state index contributed by atoms with van der Waals surface area (Å²) in [6.45, 7) is 7.14. The molecule has 3 aliphatic rings. The number of aromatic nitrogens is 2. The molecule has 1 aromatic heterocycles. The molecule has 8 nitrogen and oxygen atoms in total. The first-order valence-corrected chi connectivity index (χ1v) is 13.4. The van der Waals surface area contributed by atoms with Crippen molar-refractivity contribution in [2.45, 2.75) is 64.5 Å². The average Bonchev–Trinajstić information content (AvgIpc) is 3.17. The molecule has 2 saturated heterocycles. The van der Waals surface area contributed by atoms with Gasteiger partial charge in [-0.2, -0.15) is 9.97 Å². The van der Waals surface area contributed by atoms with Gasteiger partial charge in [0.05, 0.1) is 0 Å². The van der Waals surface area contributed by atoms with Gasteiger partial charge < -0.3 is 29.9 Å². The number of benzene rings is 1. The van der Waals surface area contributed by atoms with Crippen molar-refractivity contribution in [1.82, 2.24) is 15.3 Å².